The SMILES string of the molecule is CC(c1ccco1)N(C(=O)c1ccc(S(C)(=O)=O)c([N+](=O)[O-])c1)C1CC1. The topological polar surface area (TPSA) is 111 Å². The van der Waals surface area contributed by atoms with E-state index >= 15 is 0 Å². The third kappa shape index (κ3) is 3.48. The summed E-state index contributed by atoms with van der Waals surface area (Å²) in [6, 6.07) is 6.66. The standard InChI is InChI=1S/C17H18N2O6S/c1-11(15-4-3-9-25-15)18(13-6-7-13)17(20)12-5-8-16(26(2,23)24)14(10-12)19(21)22/h3-5,8-11,13H,6-7H2,1-2H3. The van der Waals surface area contributed by atoms with Gasteiger partial charge in [-0.15, -0.1) is 0 Å². The van der Waals surface area contributed by atoms with Crippen LogP contribution >= 0.6 is 0 Å². The number of sulfone groups is 1. The number of nitro groups is 1. The predicted molar refractivity (Wildman–Crippen MR) is 92.5 cm³/mol. The molecule has 0 aliphatic heterocycles. The Balaban J connectivity index is 2.00. The van der Waals surface area contributed by atoms with Gasteiger partial charge in [0, 0.05) is 23.9 Å². The van der Waals surface area contributed by atoms with Gasteiger partial charge in [-0.3, -0.25) is 14.9 Å². The molecular weight excluding hydrogens is 360 g/mol. The van der Waals surface area contributed by atoms with Crippen LogP contribution in [0.2, 0.25) is 0 Å². The summed E-state index contributed by atoms with van der Waals surface area (Å²) in [6.45, 7) is 1.83. The van der Waals surface area contributed by atoms with Gasteiger partial charge in [0.15, 0.2) is 9.84 Å². The van der Waals surface area contributed by atoms with Crippen molar-refractivity contribution in [3.05, 3.63) is 58.0 Å². The molecule has 0 N–H and O–H groups in total. The molecule has 138 valence electrons. The van der Waals surface area contributed by atoms with E-state index in [4.69, 9.17) is 4.42 Å². The monoisotopic (exact) mass is 378 g/mol. The second kappa shape index (κ2) is 6.56. The minimum absolute atomic E-state index is 0.0382. The summed E-state index contributed by atoms with van der Waals surface area (Å²) in [5.41, 5.74) is -0.519. The van der Waals surface area contributed by atoms with Gasteiger partial charge in [-0.25, -0.2) is 8.42 Å². The molecule has 8 nitrogen and oxygen atoms in total. The number of furan rings is 1. The Hall–Kier alpha value is -2.68. The van der Waals surface area contributed by atoms with Gasteiger partial charge in [0.25, 0.3) is 11.6 Å². The number of carbonyl (C=O) groups excluding carboxylic acids is 1. The maximum Gasteiger partial charge on any atom is 0.288 e. The third-order valence-electron chi connectivity index (χ3n) is 4.35. The Kier molecular flexibility index (Phi) is 4.57. The fraction of sp³-hybridized carbons (Fsp3) is 0.353. The van der Waals surface area contributed by atoms with Crippen LogP contribution in [-0.2, 0) is 9.84 Å². The molecule has 1 aromatic carbocycles. The van der Waals surface area contributed by atoms with Crippen LogP contribution in [0.3, 0.4) is 0 Å². The largest absolute Gasteiger partial charge is 0.467 e. The van der Waals surface area contributed by atoms with Crippen LogP contribution in [0.4, 0.5) is 5.69 Å². The highest BCUT2D eigenvalue weighted by Crippen LogP contribution is 2.36. The Morgan fingerprint density at radius 2 is 2.04 bits per heavy atom. The van der Waals surface area contributed by atoms with Crippen molar-refractivity contribution in [1.82, 2.24) is 4.90 Å². The number of hydrogen-bond donors (Lipinski definition) is 0. The average Bonchev–Trinajstić information content (AvgIpc) is 3.24. The van der Waals surface area contributed by atoms with Crippen LogP contribution in [0.1, 0.15) is 41.9 Å². The zero-order chi connectivity index (χ0) is 19.1. The van der Waals surface area contributed by atoms with Crippen LogP contribution in [0.5, 0.6) is 0 Å². The van der Waals surface area contributed by atoms with E-state index in [1.165, 1.54) is 12.3 Å². The lowest BCUT2D eigenvalue weighted by Crippen LogP contribution is -2.35. The van der Waals surface area contributed by atoms with Gasteiger partial charge in [-0.1, -0.05) is 0 Å². The zero-order valence-corrected chi connectivity index (χ0v) is 15.1. The predicted octanol–water partition coefficient (Wildman–Crippen LogP) is 2.96. The van der Waals surface area contributed by atoms with Crippen molar-refractivity contribution >= 4 is 21.4 Å². The first kappa shape index (κ1) is 18.1. The highest BCUT2D eigenvalue weighted by Gasteiger charge is 2.38. The quantitative estimate of drug-likeness (QED) is 0.564. The van der Waals surface area contributed by atoms with Crippen molar-refractivity contribution in [3.63, 3.8) is 0 Å². The van der Waals surface area contributed by atoms with Crippen molar-refractivity contribution in [2.24, 2.45) is 0 Å². The number of rotatable bonds is 6. The summed E-state index contributed by atoms with van der Waals surface area (Å²) < 4.78 is 28.9. The van der Waals surface area contributed by atoms with E-state index in [-0.39, 0.29) is 23.6 Å². The minimum atomic E-state index is -3.78. The van der Waals surface area contributed by atoms with Crippen molar-refractivity contribution in [2.45, 2.75) is 36.7 Å². The van der Waals surface area contributed by atoms with Gasteiger partial charge in [0.05, 0.1) is 17.2 Å². The lowest BCUT2D eigenvalue weighted by atomic mass is 10.1. The fourth-order valence-corrected chi connectivity index (χ4v) is 3.76. The lowest BCUT2D eigenvalue weighted by Gasteiger charge is -2.28. The fourth-order valence-electron chi connectivity index (χ4n) is 2.93. The second-order valence-corrected chi connectivity index (χ2v) is 8.33. The third-order valence-corrected chi connectivity index (χ3v) is 5.49. The molecule has 0 radical (unpaired) electrons. The molecule has 1 saturated carbocycles. The first-order valence-corrected chi connectivity index (χ1v) is 9.94. The highest BCUT2D eigenvalue weighted by molar-refractivity contribution is 7.90. The lowest BCUT2D eigenvalue weighted by molar-refractivity contribution is -0.387. The van der Waals surface area contributed by atoms with Crippen molar-refractivity contribution < 1.29 is 22.6 Å². The Morgan fingerprint density at radius 1 is 1.35 bits per heavy atom. The second-order valence-electron chi connectivity index (χ2n) is 6.35. The van der Waals surface area contributed by atoms with Gasteiger partial charge in [0.2, 0.25) is 0 Å². The number of nitro benzene ring substituents is 1. The average molecular weight is 378 g/mol. The van der Waals surface area contributed by atoms with Crippen molar-refractivity contribution in [1.29, 1.82) is 0 Å². The molecule has 2 aromatic rings. The summed E-state index contributed by atoms with van der Waals surface area (Å²) >= 11 is 0. The first-order valence-electron chi connectivity index (χ1n) is 8.04. The molecule has 0 saturated heterocycles. The highest BCUT2D eigenvalue weighted by atomic mass is 32.2. The molecule has 1 aliphatic carbocycles. The Morgan fingerprint density at radius 3 is 2.54 bits per heavy atom. The first-order chi connectivity index (χ1) is 12.2. The summed E-state index contributed by atoms with van der Waals surface area (Å²) in [5, 5.41) is 11.3. The molecule has 26 heavy (non-hydrogen) atoms. The van der Waals surface area contributed by atoms with E-state index in [1.807, 2.05) is 6.92 Å². The van der Waals surface area contributed by atoms with Gasteiger partial charge in [0.1, 0.15) is 10.7 Å². The Bertz CT molecular complexity index is 948. The van der Waals surface area contributed by atoms with E-state index in [1.54, 1.807) is 17.0 Å². The van der Waals surface area contributed by atoms with Gasteiger partial charge < -0.3 is 9.32 Å². The van der Waals surface area contributed by atoms with Crippen LogP contribution in [-0.4, -0.2) is 36.4 Å². The van der Waals surface area contributed by atoms with E-state index < -0.39 is 25.3 Å². The number of amides is 1. The molecule has 1 fully saturated rings. The van der Waals surface area contributed by atoms with Gasteiger partial charge in [-0.05, 0) is 44.0 Å². The molecule has 1 unspecified atom stereocenters. The summed E-state index contributed by atoms with van der Waals surface area (Å²) in [4.78, 5) is 24.7. The molecule has 3 rings (SSSR count). The molecule has 1 amide bonds. The maximum absolute atomic E-state index is 13.0. The maximum atomic E-state index is 13.0. The van der Waals surface area contributed by atoms with Gasteiger partial charge >= 0.3 is 0 Å². The van der Waals surface area contributed by atoms with Crippen LogP contribution < -0.4 is 0 Å². The van der Waals surface area contributed by atoms with Gasteiger partial charge in [-0.2, -0.15) is 0 Å². The number of carbonyl (C=O) groups is 1. The van der Waals surface area contributed by atoms with Crippen LogP contribution in [0.25, 0.3) is 0 Å². The number of hydrogen-bond acceptors (Lipinski definition) is 6. The summed E-state index contributed by atoms with van der Waals surface area (Å²) in [7, 11) is -3.78. The molecule has 1 aromatic heterocycles. The summed E-state index contributed by atoms with van der Waals surface area (Å²) in [5.74, 6) is 0.229. The minimum Gasteiger partial charge on any atom is -0.467 e. The van der Waals surface area contributed by atoms with E-state index in [0.717, 1.165) is 31.2 Å². The van der Waals surface area contributed by atoms with Crippen LogP contribution in [0.15, 0.2) is 45.9 Å². The molecule has 1 atom stereocenters. The summed E-state index contributed by atoms with van der Waals surface area (Å²) in [6.07, 6.45) is 4.11. The van der Waals surface area contributed by atoms with E-state index in [9.17, 15) is 23.3 Å². The Labute approximate surface area is 150 Å². The zero-order valence-electron chi connectivity index (χ0n) is 14.3. The molecule has 9 heteroatoms. The van der Waals surface area contributed by atoms with E-state index in [2.05, 4.69) is 0 Å². The molecule has 0 bridgehead atoms. The number of nitrogens with zero attached hydrogens (tertiary/aromatic N) is 2. The molecule has 0 spiro atoms. The van der Waals surface area contributed by atoms with Crippen molar-refractivity contribution in [2.75, 3.05) is 6.26 Å². The normalized spacial score (nSPS) is 15.5. The van der Waals surface area contributed by atoms with Crippen LogP contribution in [0, 0.1) is 10.1 Å². The molecule has 1 heterocycles. The molecule has 1 aliphatic rings. The smallest absolute Gasteiger partial charge is 0.288 e. The number of benzene rings is 1. The van der Waals surface area contributed by atoms with Crippen molar-refractivity contribution in [3.8, 4) is 0 Å². The molecular formula is C17H18N2O6S. The van der Waals surface area contributed by atoms with E-state index in [0.29, 0.717) is 5.76 Å².